The number of hydrogen-bond donors (Lipinski definition) is 8. The van der Waals surface area contributed by atoms with E-state index in [2.05, 4.69) is 68.4 Å². The molecule has 5 aliphatic heterocycles. The van der Waals surface area contributed by atoms with E-state index in [0.717, 1.165) is 44.9 Å². The molecule has 5 heterocycles. The van der Waals surface area contributed by atoms with Crippen LogP contribution in [0.3, 0.4) is 0 Å². The first kappa shape index (κ1) is 68.3. The topological polar surface area (TPSA) is 299 Å². The zero-order chi connectivity index (χ0) is 63.6. The number of hydrogen-bond acceptors (Lipinski definition) is 22. The fourth-order valence-electron chi connectivity index (χ4n) is 19.4. The number of methoxy groups -OCH3 is 3. The standard InChI is InChI=1S/C65H108O22/c1-29-25-64(13)35(17-18-40-62(11)21-20-41(61(9,10)39(62)19-22-63(40,64)12)83-58-53(51(76-15)42(68)33(5)80-58)86-55-45(71)44(70)43(69)38(27-66)82-55)36-26-60(7,8)23-24-65(29,36)59(74)87-57-48(31(3)30(2)32(4)79-57)84-56-47(73)52(77-16)49(34(6)81-56)85-54-46(72)50(75-14)37(67)28-78-54/h17,29-34,36-58,66-73H,18-28H2,1-16H3/t29-,30?,31-,32?,33?,34?,36?,37+,38?,39-,40?,41-,42+,43-,44-,45?,46?,47-,48?,49-,50-,51-,52?,53?,54-,55-,56?,57-,58-,62?,63?,64+,65?/m0/s1. The van der Waals surface area contributed by atoms with Crippen molar-refractivity contribution >= 4 is 5.97 Å². The Labute approximate surface area is 514 Å². The highest BCUT2D eigenvalue weighted by molar-refractivity contribution is 5.79. The highest BCUT2D eigenvalue weighted by Crippen LogP contribution is 2.77. The highest BCUT2D eigenvalue weighted by Gasteiger charge is 2.72. The largest absolute Gasteiger partial charge is 0.432 e. The number of ether oxygens (including phenoxy) is 13. The lowest BCUT2D eigenvalue weighted by Gasteiger charge is -2.72. The first-order chi connectivity index (χ1) is 40.8. The molecule has 5 saturated heterocycles. The maximum absolute atomic E-state index is 15.9. The average Bonchev–Trinajstić information content (AvgIpc) is 0.678. The SMILES string of the molecule is COC1[C@H](O)C(OC2[C@H](OC(=O)C34CCC(C)(C)CC3C3=CCC5C6(C)CC[C@H](O[C@@H]7OC(C)[C@@H](O)[C@H](OC)C7O[C@@H]7OC(CO)[C@H](O)[C@H](O)C7O)C(C)(C)[C@@H]6CCC5(C)[C@]3(C)C[C@@H]4C)OC(C)C(C)[C@@H]2C)OC(C)[C@@H]1O[C@@H]1OC[C@@H](O)[C@H](OC)C1O. The molecule has 10 aliphatic rings. The van der Waals surface area contributed by atoms with Crippen molar-refractivity contribution in [2.24, 2.45) is 68.0 Å². The Morgan fingerprint density at radius 1 is 0.563 bits per heavy atom. The Kier molecular flexibility index (Phi) is 19.8. The summed E-state index contributed by atoms with van der Waals surface area (Å²) in [4.78, 5) is 15.9. The maximum Gasteiger partial charge on any atom is 0.315 e. The third-order valence-corrected chi connectivity index (χ3v) is 25.1. The van der Waals surface area contributed by atoms with Crippen molar-refractivity contribution in [3.05, 3.63) is 11.6 Å². The summed E-state index contributed by atoms with van der Waals surface area (Å²) in [6, 6.07) is 0. The van der Waals surface area contributed by atoms with Crippen molar-refractivity contribution in [1.82, 2.24) is 0 Å². The van der Waals surface area contributed by atoms with Gasteiger partial charge in [-0.05, 0) is 141 Å². The van der Waals surface area contributed by atoms with Crippen molar-refractivity contribution in [3.8, 4) is 0 Å². The number of allylic oxidation sites excluding steroid dienone is 2. The normalized spacial score (nSPS) is 54.0. The first-order valence-electron chi connectivity index (χ1n) is 32.5. The van der Waals surface area contributed by atoms with Crippen molar-refractivity contribution in [3.63, 3.8) is 0 Å². The molecule has 5 aliphatic carbocycles. The Morgan fingerprint density at radius 3 is 1.84 bits per heavy atom. The van der Waals surface area contributed by atoms with Crippen LogP contribution in [0.15, 0.2) is 11.6 Å². The van der Waals surface area contributed by atoms with Crippen LogP contribution in [0.25, 0.3) is 0 Å². The molecule has 500 valence electrons. The van der Waals surface area contributed by atoms with Gasteiger partial charge >= 0.3 is 5.97 Å². The molecule has 9 fully saturated rings. The van der Waals surface area contributed by atoms with Crippen molar-refractivity contribution in [2.45, 2.75) is 289 Å². The molecule has 8 N–H and O–H groups in total. The summed E-state index contributed by atoms with van der Waals surface area (Å²) in [5.41, 5.74) is -0.457. The van der Waals surface area contributed by atoms with Gasteiger partial charge in [-0.25, -0.2) is 0 Å². The van der Waals surface area contributed by atoms with Gasteiger partial charge in [-0.2, -0.15) is 0 Å². The second kappa shape index (κ2) is 25.3. The summed E-state index contributed by atoms with van der Waals surface area (Å²) in [6.07, 6.45) is -15.2. The molecule has 33 atom stereocenters. The number of aliphatic hydroxyl groups is 8. The summed E-state index contributed by atoms with van der Waals surface area (Å²) in [5.74, 6) is -0.182. The Hall–Kier alpha value is -1.59. The molecule has 0 aromatic heterocycles. The van der Waals surface area contributed by atoms with E-state index in [9.17, 15) is 40.9 Å². The fraction of sp³-hybridized carbons (Fsp3) is 0.954. The zero-order valence-electron chi connectivity index (χ0n) is 54.4. The van der Waals surface area contributed by atoms with Crippen molar-refractivity contribution in [1.29, 1.82) is 0 Å². The zero-order valence-corrected chi connectivity index (χ0v) is 54.4. The molecule has 22 heteroatoms. The van der Waals surface area contributed by atoms with Gasteiger partial charge in [-0.1, -0.05) is 80.9 Å². The van der Waals surface area contributed by atoms with Crippen LogP contribution >= 0.6 is 0 Å². The Bertz CT molecular complexity index is 2410. The quantitative estimate of drug-likeness (QED) is 0.0684. The second-order valence-electron chi connectivity index (χ2n) is 30.4. The van der Waals surface area contributed by atoms with Crippen LogP contribution in [0.5, 0.6) is 0 Å². The van der Waals surface area contributed by atoms with Gasteiger partial charge in [0.25, 0.3) is 0 Å². The van der Waals surface area contributed by atoms with Crippen molar-refractivity contribution in [2.75, 3.05) is 34.5 Å². The lowest BCUT2D eigenvalue weighted by atomic mass is 9.32. The molecule has 0 radical (unpaired) electrons. The predicted octanol–water partition coefficient (Wildman–Crippen LogP) is 4.27. The van der Waals surface area contributed by atoms with E-state index in [-0.39, 0.29) is 76.0 Å². The van der Waals surface area contributed by atoms with Gasteiger partial charge in [-0.3, -0.25) is 4.79 Å². The van der Waals surface area contributed by atoms with E-state index in [0.29, 0.717) is 18.8 Å². The minimum Gasteiger partial charge on any atom is -0.432 e. The van der Waals surface area contributed by atoms with E-state index >= 15 is 4.79 Å². The van der Waals surface area contributed by atoms with E-state index in [1.807, 2.05) is 13.8 Å². The van der Waals surface area contributed by atoms with Crippen LogP contribution in [0.4, 0.5) is 0 Å². The molecular weight excluding hydrogens is 1130 g/mol. The summed E-state index contributed by atoms with van der Waals surface area (Å²) < 4.78 is 81.4. The lowest BCUT2D eigenvalue weighted by molar-refractivity contribution is -0.377. The number of carbonyl (C=O) groups excluding carboxylic acids is 1. The van der Waals surface area contributed by atoms with E-state index in [1.165, 1.54) is 26.9 Å². The molecular formula is C65H108O22. The van der Waals surface area contributed by atoms with Crippen molar-refractivity contribution < 1.29 is 107 Å². The van der Waals surface area contributed by atoms with E-state index < -0.39 is 147 Å². The number of carbonyl (C=O) groups is 1. The summed E-state index contributed by atoms with van der Waals surface area (Å²) in [5, 5.41) is 86.9. The van der Waals surface area contributed by atoms with Crippen LogP contribution in [0, 0.1) is 68.0 Å². The van der Waals surface area contributed by atoms with E-state index in [1.54, 1.807) is 13.8 Å². The summed E-state index contributed by atoms with van der Waals surface area (Å²) in [6.45, 7) is 27.8. The smallest absolute Gasteiger partial charge is 0.315 e. The van der Waals surface area contributed by atoms with Gasteiger partial charge in [0.05, 0.1) is 43.0 Å². The fourth-order valence-corrected chi connectivity index (χ4v) is 19.4. The third-order valence-electron chi connectivity index (χ3n) is 25.1. The number of aliphatic hydroxyl groups excluding tert-OH is 8. The molecule has 87 heavy (non-hydrogen) atoms. The first-order valence-corrected chi connectivity index (χ1v) is 32.5. The van der Waals surface area contributed by atoms with Gasteiger partial charge < -0.3 is 102 Å². The van der Waals surface area contributed by atoms with Gasteiger partial charge in [0.15, 0.2) is 25.2 Å². The number of fused-ring (bicyclic) bond motifs is 7. The molecule has 4 saturated carbocycles. The van der Waals surface area contributed by atoms with Crippen LogP contribution in [0.1, 0.15) is 148 Å². The maximum atomic E-state index is 15.9. The molecule has 22 nitrogen and oxygen atoms in total. The minimum absolute atomic E-state index is 0.0261. The lowest BCUT2D eigenvalue weighted by Crippen LogP contribution is -2.67. The summed E-state index contributed by atoms with van der Waals surface area (Å²) >= 11 is 0. The van der Waals surface area contributed by atoms with Crippen LogP contribution < -0.4 is 0 Å². The summed E-state index contributed by atoms with van der Waals surface area (Å²) in [7, 11) is 4.28. The Balaban J connectivity index is 0.883. The molecule has 0 bridgehead atoms. The molecule has 0 aromatic rings. The Morgan fingerprint density at radius 2 is 1.17 bits per heavy atom. The van der Waals surface area contributed by atoms with Crippen LogP contribution in [-0.4, -0.2) is 223 Å². The monoisotopic (exact) mass is 1240 g/mol. The molecule has 0 spiro atoms. The van der Waals surface area contributed by atoms with Gasteiger partial charge in [-0.15, -0.1) is 0 Å². The molecule has 16 unspecified atom stereocenters. The minimum atomic E-state index is -1.69. The van der Waals surface area contributed by atoms with Crippen LogP contribution in [0.2, 0.25) is 0 Å². The second-order valence-corrected chi connectivity index (χ2v) is 30.4. The predicted molar refractivity (Wildman–Crippen MR) is 310 cm³/mol. The number of rotatable bonds is 14. The van der Waals surface area contributed by atoms with Gasteiger partial charge in [0.2, 0.25) is 6.29 Å². The number of esters is 1. The average molecular weight is 1240 g/mol. The molecule has 0 aromatic carbocycles. The molecule has 10 rings (SSSR count). The van der Waals surface area contributed by atoms with E-state index in [4.69, 9.17) is 61.6 Å². The van der Waals surface area contributed by atoms with Crippen LogP contribution in [-0.2, 0) is 66.4 Å². The van der Waals surface area contributed by atoms with Gasteiger partial charge in [0.1, 0.15) is 85.5 Å². The van der Waals surface area contributed by atoms with Gasteiger partial charge in [0, 0.05) is 21.3 Å². The highest BCUT2D eigenvalue weighted by atomic mass is 16.8. The molecule has 0 amide bonds. The third kappa shape index (κ3) is 11.4.